The fourth-order valence-corrected chi connectivity index (χ4v) is 4.96. The Morgan fingerprint density at radius 3 is 1.61 bits per heavy atom. The number of hydrogen-bond acceptors (Lipinski definition) is 1. The highest BCUT2D eigenvalue weighted by Crippen LogP contribution is 2.46. The van der Waals surface area contributed by atoms with Crippen LogP contribution in [0, 0.1) is 17.8 Å². The van der Waals surface area contributed by atoms with Crippen LogP contribution >= 0.6 is 0 Å². The molecule has 1 aromatic carbocycles. The SMILES string of the molecule is CC(C)C1CCC(C(C)(C)[B]c2cc(C(C)(C)C)c(O)c(C(C)(C)C)c2)CC1. The zero-order valence-electron chi connectivity index (χ0n) is 20.2. The highest BCUT2D eigenvalue weighted by Gasteiger charge is 2.35. The molecule has 2 rings (SSSR count). The van der Waals surface area contributed by atoms with Gasteiger partial charge in [-0.2, -0.15) is 0 Å². The van der Waals surface area contributed by atoms with E-state index in [0.717, 1.165) is 28.9 Å². The molecule has 0 aliphatic heterocycles. The summed E-state index contributed by atoms with van der Waals surface area (Å²) < 4.78 is 0. The summed E-state index contributed by atoms with van der Waals surface area (Å²) in [6, 6.07) is 4.46. The van der Waals surface area contributed by atoms with Crippen LogP contribution in [0.5, 0.6) is 5.75 Å². The molecule has 1 aromatic rings. The summed E-state index contributed by atoms with van der Waals surface area (Å²) in [5, 5.41) is 11.2. The standard InChI is InChI=1S/C26H44BO/c1-17(2)18-11-13-19(14-12-18)26(9,10)27-20-15-21(24(3,4)5)23(28)22(16-20)25(6,7)8/h15-19,28H,11-14H2,1-10H3. The second-order valence-electron chi connectivity index (χ2n) is 12.3. The van der Waals surface area contributed by atoms with Crippen molar-refractivity contribution in [3.8, 4) is 5.75 Å². The lowest BCUT2D eigenvalue weighted by Crippen LogP contribution is -2.35. The fraction of sp³-hybridized carbons (Fsp3) is 0.769. The quantitative estimate of drug-likeness (QED) is 0.556. The van der Waals surface area contributed by atoms with Crippen molar-refractivity contribution < 1.29 is 5.11 Å². The highest BCUT2D eigenvalue weighted by atomic mass is 16.3. The van der Waals surface area contributed by atoms with Crippen molar-refractivity contribution in [2.45, 2.75) is 111 Å². The molecule has 0 saturated heterocycles. The van der Waals surface area contributed by atoms with Gasteiger partial charge in [0.25, 0.3) is 0 Å². The van der Waals surface area contributed by atoms with Crippen molar-refractivity contribution in [1.29, 1.82) is 0 Å². The first-order chi connectivity index (χ1) is 12.6. The predicted molar refractivity (Wildman–Crippen MR) is 125 cm³/mol. The lowest BCUT2D eigenvalue weighted by molar-refractivity contribution is 0.195. The van der Waals surface area contributed by atoms with Gasteiger partial charge in [0.2, 0.25) is 0 Å². The molecule has 0 amide bonds. The first-order valence-corrected chi connectivity index (χ1v) is 11.4. The number of phenols is 1. The third-order valence-electron chi connectivity index (χ3n) is 7.05. The number of phenolic OH excluding ortho intramolecular Hbond substituents is 1. The van der Waals surface area contributed by atoms with Gasteiger partial charge in [0.05, 0.1) is 0 Å². The third kappa shape index (κ3) is 5.36. The molecule has 1 saturated carbocycles. The van der Waals surface area contributed by atoms with E-state index < -0.39 is 0 Å². The van der Waals surface area contributed by atoms with Crippen LogP contribution < -0.4 is 5.46 Å². The number of aromatic hydroxyl groups is 1. The van der Waals surface area contributed by atoms with Crippen LogP contribution in [-0.4, -0.2) is 12.4 Å². The lowest BCUT2D eigenvalue weighted by Gasteiger charge is -2.40. The largest absolute Gasteiger partial charge is 0.507 e. The van der Waals surface area contributed by atoms with E-state index in [9.17, 15) is 5.11 Å². The normalized spacial score (nSPS) is 21.8. The van der Waals surface area contributed by atoms with Crippen LogP contribution in [0.2, 0.25) is 5.31 Å². The van der Waals surface area contributed by atoms with E-state index in [1.165, 1.54) is 31.1 Å². The summed E-state index contributed by atoms with van der Waals surface area (Å²) >= 11 is 0. The van der Waals surface area contributed by atoms with Crippen molar-refractivity contribution in [2.75, 3.05) is 0 Å². The van der Waals surface area contributed by atoms with Crippen LogP contribution in [0.3, 0.4) is 0 Å². The van der Waals surface area contributed by atoms with E-state index in [2.05, 4.69) is 88.6 Å². The maximum Gasteiger partial charge on any atom is 0.158 e. The molecule has 2 heteroatoms. The minimum Gasteiger partial charge on any atom is -0.507 e. The molecule has 0 bridgehead atoms. The Bertz CT molecular complexity index is 630. The molecule has 0 heterocycles. The van der Waals surface area contributed by atoms with Gasteiger partial charge in [-0.25, -0.2) is 0 Å². The van der Waals surface area contributed by atoms with Gasteiger partial charge in [0.1, 0.15) is 5.75 Å². The van der Waals surface area contributed by atoms with Crippen molar-refractivity contribution in [3.05, 3.63) is 23.3 Å². The number of benzene rings is 1. The van der Waals surface area contributed by atoms with Crippen molar-refractivity contribution in [2.24, 2.45) is 17.8 Å². The molecule has 1 aliphatic rings. The second kappa shape index (κ2) is 8.08. The summed E-state index contributed by atoms with van der Waals surface area (Å²) in [5.74, 6) is 2.94. The van der Waals surface area contributed by atoms with Crippen LogP contribution in [0.15, 0.2) is 12.1 Å². The average molecular weight is 383 g/mol. The minimum absolute atomic E-state index is 0.0760. The first kappa shape index (κ1) is 23.4. The van der Waals surface area contributed by atoms with E-state index in [1.54, 1.807) is 0 Å². The van der Waals surface area contributed by atoms with Crippen LogP contribution in [0.4, 0.5) is 0 Å². The molecule has 1 N–H and O–H groups in total. The monoisotopic (exact) mass is 383 g/mol. The molecule has 1 aliphatic carbocycles. The van der Waals surface area contributed by atoms with Crippen molar-refractivity contribution in [1.82, 2.24) is 0 Å². The Morgan fingerprint density at radius 1 is 0.821 bits per heavy atom. The molecule has 0 atom stereocenters. The van der Waals surface area contributed by atoms with Crippen LogP contribution in [-0.2, 0) is 10.8 Å². The molecule has 1 fully saturated rings. The van der Waals surface area contributed by atoms with Gasteiger partial charge in [-0.3, -0.25) is 0 Å². The predicted octanol–water partition coefficient (Wildman–Crippen LogP) is 6.98. The van der Waals surface area contributed by atoms with Gasteiger partial charge in [-0.05, 0) is 52.6 Å². The van der Waals surface area contributed by atoms with Crippen LogP contribution in [0.25, 0.3) is 0 Å². The minimum atomic E-state index is -0.0760. The zero-order chi connectivity index (χ0) is 21.5. The zero-order valence-corrected chi connectivity index (χ0v) is 20.2. The summed E-state index contributed by atoms with van der Waals surface area (Å²) in [4.78, 5) is 0. The van der Waals surface area contributed by atoms with E-state index in [-0.39, 0.29) is 16.1 Å². The summed E-state index contributed by atoms with van der Waals surface area (Å²) in [5.41, 5.74) is 3.24. The van der Waals surface area contributed by atoms with E-state index in [1.807, 2.05) is 0 Å². The van der Waals surface area contributed by atoms with Gasteiger partial charge in [-0.1, -0.05) is 105 Å². The molecular weight excluding hydrogens is 339 g/mol. The maximum absolute atomic E-state index is 11.0. The number of rotatable bonds is 4. The van der Waals surface area contributed by atoms with Gasteiger partial charge in [-0.15, -0.1) is 0 Å². The number of hydrogen-bond donors (Lipinski definition) is 1. The maximum atomic E-state index is 11.0. The summed E-state index contributed by atoms with van der Waals surface area (Å²) in [6.07, 6.45) is 5.41. The molecule has 0 spiro atoms. The second-order valence-corrected chi connectivity index (χ2v) is 12.3. The molecule has 157 valence electrons. The Kier molecular flexibility index (Phi) is 6.74. The van der Waals surface area contributed by atoms with E-state index in [0.29, 0.717) is 5.75 Å². The van der Waals surface area contributed by atoms with E-state index >= 15 is 0 Å². The van der Waals surface area contributed by atoms with Gasteiger partial charge in [0.15, 0.2) is 7.28 Å². The van der Waals surface area contributed by atoms with Gasteiger partial charge in [0, 0.05) is 0 Å². The Balaban J connectivity index is 2.32. The highest BCUT2D eigenvalue weighted by molar-refractivity contribution is 6.56. The summed E-state index contributed by atoms with van der Waals surface area (Å²) in [6.45, 7) is 22.7. The van der Waals surface area contributed by atoms with Gasteiger partial charge < -0.3 is 5.11 Å². The Hall–Kier alpha value is -0.915. The van der Waals surface area contributed by atoms with Gasteiger partial charge >= 0.3 is 0 Å². The molecule has 28 heavy (non-hydrogen) atoms. The molecular formula is C26H44BO. The topological polar surface area (TPSA) is 20.2 Å². The fourth-order valence-electron chi connectivity index (χ4n) is 4.96. The lowest BCUT2D eigenvalue weighted by atomic mass is 9.43. The van der Waals surface area contributed by atoms with Crippen molar-refractivity contribution >= 4 is 12.7 Å². The molecule has 1 nitrogen and oxygen atoms in total. The van der Waals surface area contributed by atoms with Crippen LogP contribution in [0.1, 0.15) is 106 Å². The Labute approximate surface area is 176 Å². The Morgan fingerprint density at radius 2 is 1.25 bits per heavy atom. The van der Waals surface area contributed by atoms with Crippen molar-refractivity contribution in [3.63, 3.8) is 0 Å². The first-order valence-electron chi connectivity index (χ1n) is 11.4. The van der Waals surface area contributed by atoms with E-state index in [4.69, 9.17) is 0 Å². The molecule has 0 unspecified atom stereocenters. The average Bonchev–Trinajstić information content (AvgIpc) is 2.54. The smallest absolute Gasteiger partial charge is 0.158 e. The summed E-state index contributed by atoms with van der Waals surface area (Å²) in [7, 11) is 2.48. The molecule has 1 radical (unpaired) electrons. The third-order valence-corrected chi connectivity index (χ3v) is 7.05. The molecule has 0 aromatic heterocycles.